The van der Waals surface area contributed by atoms with Gasteiger partial charge in [-0.2, -0.15) is 0 Å². The minimum atomic E-state index is -0.926. The van der Waals surface area contributed by atoms with Gasteiger partial charge in [0.15, 0.2) is 0 Å². The topological polar surface area (TPSA) is 72.7 Å². The summed E-state index contributed by atoms with van der Waals surface area (Å²) < 4.78 is 12.9. The highest BCUT2D eigenvalue weighted by Crippen LogP contribution is 2.30. The van der Waals surface area contributed by atoms with Gasteiger partial charge in [0, 0.05) is 43.3 Å². The van der Waals surface area contributed by atoms with Crippen LogP contribution in [-0.4, -0.2) is 42.0 Å². The molecule has 152 valence electrons. The Bertz CT molecular complexity index is 991. The number of benzene rings is 2. The molecule has 4 rings (SSSR count). The Morgan fingerprint density at radius 2 is 2.10 bits per heavy atom. The average molecular weight is 394 g/mol. The van der Waals surface area contributed by atoms with Crippen LogP contribution in [0.3, 0.4) is 0 Å². The molecule has 0 spiro atoms. The summed E-state index contributed by atoms with van der Waals surface area (Å²) in [5.41, 5.74) is 3.02. The highest BCUT2D eigenvalue weighted by Gasteiger charge is 2.23. The van der Waals surface area contributed by atoms with Gasteiger partial charge in [-0.3, -0.25) is 0 Å². The van der Waals surface area contributed by atoms with Crippen LogP contribution < -0.4 is 10.1 Å². The fourth-order valence-electron chi connectivity index (χ4n) is 4.05. The first-order valence-electron chi connectivity index (χ1n) is 9.96. The molecule has 6 heteroatoms. The summed E-state index contributed by atoms with van der Waals surface area (Å²) in [6.07, 6.45) is 2.34. The molecule has 0 saturated carbocycles. The standard InChI is InChI=1S/C23H26N2O4/c1-28-17-9-10-19-20(14-24-13-18-8-5-11-29-18)22(23(26)27)25(21(19)12-17)15-16-6-3-2-4-7-16/h2-4,6-7,9-10,12,18,24H,5,8,11,13-15H2,1H3,(H,26,27)/t18-/m0/s1. The van der Waals surface area contributed by atoms with Gasteiger partial charge in [0.25, 0.3) is 0 Å². The van der Waals surface area contributed by atoms with E-state index in [4.69, 9.17) is 9.47 Å². The summed E-state index contributed by atoms with van der Waals surface area (Å²) in [6, 6.07) is 15.6. The third-order valence-electron chi connectivity index (χ3n) is 5.46. The van der Waals surface area contributed by atoms with Crippen LogP contribution in [0.2, 0.25) is 0 Å². The molecule has 2 heterocycles. The minimum Gasteiger partial charge on any atom is -0.497 e. The number of nitrogens with zero attached hydrogens (tertiary/aromatic N) is 1. The van der Waals surface area contributed by atoms with Crippen LogP contribution in [0.4, 0.5) is 0 Å². The van der Waals surface area contributed by atoms with Gasteiger partial charge in [0.1, 0.15) is 11.4 Å². The fraction of sp³-hybridized carbons (Fsp3) is 0.348. The van der Waals surface area contributed by atoms with Crippen LogP contribution in [0.1, 0.15) is 34.5 Å². The van der Waals surface area contributed by atoms with E-state index in [1.807, 2.05) is 53.1 Å². The molecular weight excluding hydrogens is 368 g/mol. The molecule has 1 aromatic heterocycles. The summed E-state index contributed by atoms with van der Waals surface area (Å²) in [7, 11) is 1.62. The van der Waals surface area contributed by atoms with Crippen molar-refractivity contribution in [2.75, 3.05) is 20.3 Å². The van der Waals surface area contributed by atoms with Gasteiger partial charge in [-0.25, -0.2) is 4.79 Å². The van der Waals surface area contributed by atoms with Crippen molar-refractivity contribution < 1.29 is 19.4 Å². The first kappa shape index (κ1) is 19.5. The Balaban J connectivity index is 1.74. The number of ether oxygens (including phenoxy) is 2. The molecule has 1 atom stereocenters. The Morgan fingerprint density at radius 1 is 1.28 bits per heavy atom. The summed E-state index contributed by atoms with van der Waals surface area (Å²) in [5, 5.41) is 14.4. The highest BCUT2D eigenvalue weighted by molar-refractivity contribution is 5.98. The van der Waals surface area contributed by atoms with Crippen molar-refractivity contribution >= 4 is 16.9 Å². The molecule has 6 nitrogen and oxygen atoms in total. The number of carboxylic acids is 1. The Morgan fingerprint density at radius 3 is 2.79 bits per heavy atom. The Hall–Kier alpha value is -2.83. The number of fused-ring (bicyclic) bond motifs is 1. The van der Waals surface area contributed by atoms with Crippen molar-refractivity contribution in [3.8, 4) is 5.75 Å². The van der Waals surface area contributed by atoms with Crippen molar-refractivity contribution in [3.05, 3.63) is 65.4 Å². The van der Waals surface area contributed by atoms with Crippen molar-refractivity contribution in [2.45, 2.75) is 32.0 Å². The fourth-order valence-corrected chi connectivity index (χ4v) is 4.05. The molecule has 0 radical (unpaired) electrons. The zero-order chi connectivity index (χ0) is 20.2. The molecule has 1 aliphatic heterocycles. The Kier molecular flexibility index (Phi) is 5.83. The molecule has 2 N–H and O–H groups in total. The predicted octanol–water partition coefficient (Wildman–Crippen LogP) is 3.67. The quantitative estimate of drug-likeness (QED) is 0.610. The van der Waals surface area contributed by atoms with E-state index >= 15 is 0 Å². The molecule has 0 unspecified atom stereocenters. The number of nitrogens with one attached hydrogen (secondary N) is 1. The van der Waals surface area contributed by atoms with E-state index in [2.05, 4.69) is 5.32 Å². The molecule has 1 aliphatic rings. The van der Waals surface area contributed by atoms with E-state index in [0.717, 1.165) is 48.0 Å². The summed E-state index contributed by atoms with van der Waals surface area (Å²) in [6.45, 7) is 2.49. The second kappa shape index (κ2) is 8.68. The molecule has 29 heavy (non-hydrogen) atoms. The number of carbonyl (C=O) groups is 1. The van der Waals surface area contributed by atoms with Crippen LogP contribution in [0.5, 0.6) is 5.75 Å². The second-order valence-electron chi connectivity index (χ2n) is 7.35. The first-order valence-corrected chi connectivity index (χ1v) is 9.96. The summed E-state index contributed by atoms with van der Waals surface area (Å²) in [5.74, 6) is -0.217. The van der Waals surface area contributed by atoms with E-state index in [1.165, 1.54) is 0 Å². The summed E-state index contributed by atoms with van der Waals surface area (Å²) >= 11 is 0. The van der Waals surface area contributed by atoms with Crippen molar-refractivity contribution in [1.82, 2.24) is 9.88 Å². The SMILES string of the molecule is COc1ccc2c(CNC[C@@H]3CCCO3)c(C(=O)O)n(Cc3ccccc3)c2c1. The molecule has 2 aromatic carbocycles. The molecule has 1 fully saturated rings. The summed E-state index contributed by atoms with van der Waals surface area (Å²) in [4.78, 5) is 12.3. The van der Waals surface area contributed by atoms with Crippen LogP contribution in [0.25, 0.3) is 10.9 Å². The lowest BCUT2D eigenvalue weighted by Gasteiger charge is -2.12. The smallest absolute Gasteiger partial charge is 0.352 e. The van der Waals surface area contributed by atoms with Crippen molar-refractivity contribution in [3.63, 3.8) is 0 Å². The Labute approximate surface area is 170 Å². The van der Waals surface area contributed by atoms with Crippen LogP contribution in [0, 0.1) is 0 Å². The largest absolute Gasteiger partial charge is 0.497 e. The molecule has 3 aromatic rings. The number of carboxylic acid groups (broad SMARTS) is 1. The number of aromatic carboxylic acids is 1. The van der Waals surface area contributed by atoms with E-state index < -0.39 is 5.97 Å². The number of hydrogen-bond acceptors (Lipinski definition) is 4. The third-order valence-corrected chi connectivity index (χ3v) is 5.46. The van der Waals surface area contributed by atoms with E-state index in [-0.39, 0.29) is 6.10 Å². The average Bonchev–Trinajstić information content (AvgIpc) is 3.35. The maximum atomic E-state index is 12.3. The van der Waals surface area contributed by atoms with Gasteiger partial charge in [0.2, 0.25) is 0 Å². The molecular formula is C23H26N2O4. The molecule has 0 bridgehead atoms. The van der Waals surface area contributed by atoms with Crippen LogP contribution >= 0.6 is 0 Å². The lowest BCUT2D eigenvalue weighted by Crippen LogP contribution is -2.26. The first-order chi connectivity index (χ1) is 14.2. The molecule has 1 saturated heterocycles. The lowest BCUT2D eigenvalue weighted by molar-refractivity contribution is 0.0684. The molecule has 0 aliphatic carbocycles. The monoisotopic (exact) mass is 394 g/mol. The number of methoxy groups -OCH3 is 1. The van der Waals surface area contributed by atoms with Gasteiger partial charge < -0.3 is 24.5 Å². The van der Waals surface area contributed by atoms with Gasteiger partial charge >= 0.3 is 5.97 Å². The second-order valence-corrected chi connectivity index (χ2v) is 7.35. The third kappa shape index (κ3) is 4.13. The maximum absolute atomic E-state index is 12.3. The van der Waals surface area contributed by atoms with Gasteiger partial charge in [-0.05, 0) is 30.5 Å². The maximum Gasteiger partial charge on any atom is 0.352 e. The van der Waals surface area contributed by atoms with E-state index in [9.17, 15) is 9.90 Å². The van der Waals surface area contributed by atoms with Crippen molar-refractivity contribution in [1.29, 1.82) is 0 Å². The van der Waals surface area contributed by atoms with Gasteiger partial charge in [0.05, 0.1) is 18.7 Å². The normalized spacial score (nSPS) is 16.4. The van der Waals surface area contributed by atoms with Crippen LogP contribution in [-0.2, 0) is 17.8 Å². The van der Waals surface area contributed by atoms with Gasteiger partial charge in [-0.1, -0.05) is 30.3 Å². The lowest BCUT2D eigenvalue weighted by atomic mass is 10.1. The van der Waals surface area contributed by atoms with E-state index in [1.54, 1.807) is 7.11 Å². The predicted molar refractivity (Wildman–Crippen MR) is 112 cm³/mol. The number of aromatic nitrogens is 1. The minimum absolute atomic E-state index is 0.209. The number of hydrogen-bond donors (Lipinski definition) is 2. The number of rotatable bonds is 8. The zero-order valence-corrected chi connectivity index (χ0v) is 16.6. The van der Waals surface area contributed by atoms with Gasteiger partial charge in [-0.15, -0.1) is 0 Å². The molecule has 0 amide bonds. The van der Waals surface area contributed by atoms with Crippen molar-refractivity contribution in [2.24, 2.45) is 0 Å². The highest BCUT2D eigenvalue weighted by atomic mass is 16.5. The van der Waals surface area contributed by atoms with Crippen LogP contribution in [0.15, 0.2) is 48.5 Å². The zero-order valence-electron chi connectivity index (χ0n) is 16.6. The van der Waals surface area contributed by atoms with E-state index in [0.29, 0.717) is 24.5 Å².